The maximum Gasteiger partial charge on any atom is 0.308 e. The lowest BCUT2D eigenvalue weighted by atomic mass is 10.1. The Morgan fingerprint density at radius 2 is 2.19 bits per heavy atom. The van der Waals surface area contributed by atoms with Crippen molar-refractivity contribution in [2.75, 3.05) is 13.1 Å². The number of aliphatic carboxylic acids is 1. The standard InChI is InChI=1S/C14H16N2O5/c17-13(15-7-6-11(9-15)14(18)19)5-4-10-2-1-3-12(8-10)16(20)21/h1-3,8,11H,4-7,9H2,(H,18,19). The van der Waals surface area contributed by atoms with Crippen LogP contribution < -0.4 is 0 Å². The molecule has 0 aliphatic carbocycles. The van der Waals surface area contributed by atoms with E-state index in [0.717, 1.165) is 5.56 Å². The van der Waals surface area contributed by atoms with Crippen LogP contribution in [0.1, 0.15) is 18.4 Å². The molecule has 1 aromatic carbocycles. The Morgan fingerprint density at radius 1 is 1.43 bits per heavy atom. The molecule has 1 heterocycles. The number of rotatable bonds is 5. The van der Waals surface area contributed by atoms with Crippen LogP contribution in [0.2, 0.25) is 0 Å². The number of amides is 1. The summed E-state index contributed by atoms with van der Waals surface area (Å²) in [6.45, 7) is 0.716. The molecule has 21 heavy (non-hydrogen) atoms. The predicted molar refractivity (Wildman–Crippen MR) is 73.7 cm³/mol. The largest absolute Gasteiger partial charge is 0.481 e. The fraction of sp³-hybridized carbons (Fsp3) is 0.429. The molecule has 112 valence electrons. The zero-order chi connectivity index (χ0) is 15.4. The Labute approximate surface area is 121 Å². The third-order valence-corrected chi connectivity index (χ3v) is 3.64. The molecule has 0 saturated carbocycles. The topological polar surface area (TPSA) is 101 Å². The minimum atomic E-state index is -0.871. The lowest BCUT2D eigenvalue weighted by Crippen LogP contribution is -2.30. The molecule has 1 atom stereocenters. The third-order valence-electron chi connectivity index (χ3n) is 3.64. The number of carboxylic acids is 1. The summed E-state index contributed by atoms with van der Waals surface area (Å²) in [6.07, 6.45) is 1.13. The number of carbonyl (C=O) groups is 2. The van der Waals surface area contributed by atoms with E-state index in [2.05, 4.69) is 0 Å². The molecule has 0 aromatic heterocycles. The van der Waals surface area contributed by atoms with Crippen LogP contribution in [-0.2, 0) is 16.0 Å². The van der Waals surface area contributed by atoms with E-state index in [-0.39, 0.29) is 24.6 Å². The van der Waals surface area contributed by atoms with E-state index in [1.807, 2.05) is 0 Å². The second-order valence-corrected chi connectivity index (χ2v) is 5.09. The van der Waals surface area contributed by atoms with Crippen LogP contribution in [-0.4, -0.2) is 39.9 Å². The van der Waals surface area contributed by atoms with E-state index >= 15 is 0 Å². The molecular weight excluding hydrogens is 276 g/mol. The fourth-order valence-corrected chi connectivity index (χ4v) is 2.42. The van der Waals surface area contributed by atoms with Gasteiger partial charge in [0, 0.05) is 31.6 Å². The first-order valence-corrected chi connectivity index (χ1v) is 6.71. The highest BCUT2D eigenvalue weighted by Crippen LogP contribution is 2.19. The van der Waals surface area contributed by atoms with Gasteiger partial charge in [-0.3, -0.25) is 19.7 Å². The number of nitrogens with zero attached hydrogens (tertiary/aromatic N) is 2. The zero-order valence-corrected chi connectivity index (χ0v) is 11.4. The number of carboxylic acid groups (broad SMARTS) is 1. The van der Waals surface area contributed by atoms with E-state index in [1.165, 1.54) is 12.1 Å². The normalized spacial score (nSPS) is 17.7. The van der Waals surface area contributed by atoms with Crippen molar-refractivity contribution in [3.63, 3.8) is 0 Å². The maximum absolute atomic E-state index is 12.0. The van der Waals surface area contributed by atoms with Gasteiger partial charge in [-0.2, -0.15) is 0 Å². The number of nitro benzene ring substituents is 1. The van der Waals surface area contributed by atoms with Gasteiger partial charge < -0.3 is 10.0 Å². The van der Waals surface area contributed by atoms with Crippen molar-refractivity contribution in [1.29, 1.82) is 0 Å². The Hall–Kier alpha value is -2.44. The molecular formula is C14H16N2O5. The Kier molecular flexibility index (Phi) is 4.52. The van der Waals surface area contributed by atoms with Crippen molar-refractivity contribution in [3.05, 3.63) is 39.9 Å². The highest BCUT2D eigenvalue weighted by molar-refractivity contribution is 5.79. The van der Waals surface area contributed by atoms with Crippen LogP contribution in [0.4, 0.5) is 5.69 Å². The summed E-state index contributed by atoms with van der Waals surface area (Å²) in [4.78, 5) is 34.6. The molecule has 7 nitrogen and oxygen atoms in total. The molecule has 1 fully saturated rings. The number of nitro groups is 1. The number of likely N-dealkylation sites (tertiary alicyclic amines) is 1. The quantitative estimate of drug-likeness (QED) is 0.654. The first kappa shape index (κ1) is 15.0. The molecule has 1 saturated heterocycles. The Morgan fingerprint density at radius 3 is 2.81 bits per heavy atom. The smallest absolute Gasteiger partial charge is 0.308 e. The maximum atomic E-state index is 12.0. The van der Waals surface area contributed by atoms with Gasteiger partial charge in [-0.1, -0.05) is 12.1 Å². The summed E-state index contributed by atoms with van der Waals surface area (Å²) in [5.41, 5.74) is 0.735. The minimum Gasteiger partial charge on any atom is -0.481 e. The minimum absolute atomic E-state index is 0.00654. The average Bonchev–Trinajstić information content (AvgIpc) is 2.95. The summed E-state index contributed by atoms with van der Waals surface area (Å²) in [5.74, 6) is -1.46. The van der Waals surface area contributed by atoms with Crippen molar-refractivity contribution in [2.45, 2.75) is 19.3 Å². The van der Waals surface area contributed by atoms with Crippen molar-refractivity contribution in [3.8, 4) is 0 Å². The number of hydrogen-bond acceptors (Lipinski definition) is 4. The second-order valence-electron chi connectivity index (χ2n) is 5.09. The zero-order valence-electron chi connectivity index (χ0n) is 11.4. The third kappa shape index (κ3) is 3.77. The van der Waals surface area contributed by atoms with Gasteiger partial charge in [0.05, 0.1) is 10.8 Å². The molecule has 0 bridgehead atoms. The van der Waals surface area contributed by atoms with Gasteiger partial charge in [-0.05, 0) is 18.4 Å². The van der Waals surface area contributed by atoms with Crippen LogP contribution in [0.15, 0.2) is 24.3 Å². The van der Waals surface area contributed by atoms with Gasteiger partial charge in [0.15, 0.2) is 0 Å². The SMILES string of the molecule is O=C(O)C1CCN(C(=O)CCc2cccc([N+](=O)[O-])c2)C1. The lowest BCUT2D eigenvalue weighted by molar-refractivity contribution is -0.384. The van der Waals surface area contributed by atoms with Crippen molar-refractivity contribution in [1.82, 2.24) is 4.90 Å². The molecule has 1 aliphatic rings. The molecule has 1 N–H and O–H groups in total. The van der Waals surface area contributed by atoms with Gasteiger partial charge in [0.2, 0.25) is 5.91 Å². The molecule has 7 heteroatoms. The number of hydrogen-bond donors (Lipinski definition) is 1. The van der Waals surface area contributed by atoms with Gasteiger partial charge in [-0.15, -0.1) is 0 Å². The summed E-state index contributed by atoms with van der Waals surface area (Å²) >= 11 is 0. The molecule has 1 aromatic rings. The van der Waals surface area contributed by atoms with Gasteiger partial charge in [-0.25, -0.2) is 0 Å². The molecule has 1 amide bonds. The van der Waals surface area contributed by atoms with E-state index in [0.29, 0.717) is 19.4 Å². The molecule has 1 unspecified atom stereocenters. The number of aryl methyl sites for hydroxylation is 1. The summed E-state index contributed by atoms with van der Waals surface area (Å²) in [5, 5.41) is 19.6. The van der Waals surface area contributed by atoms with E-state index in [9.17, 15) is 19.7 Å². The predicted octanol–water partition coefficient (Wildman–Crippen LogP) is 1.46. The Balaban J connectivity index is 1.88. The van der Waals surface area contributed by atoms with Crippen LogP contribution >= 0.6 is 0 Å². The van der Waals surface area contributed by atoms with E-state index < -0.39 is 16.8 Å². The fourth-order valence-electron chi connectivity index (χ4n) is 2.42. The molecule has 0 radical (unpaired) electrons. The van der Waals surface area contributed by atoms with Crippen LogP contribution in [0.25, 0.3) is 0 Å². The lowest BCUT2D eigenvalue weighted by Gasteiger charge is -2.15. The van der Waals surface area contributed by atoms with E-state index in [1.54, 1.807) is 17.0 Å². The highest BCUT2D eigenvalue weighted by atomic mass is 16.6. The van der Waals surface area contributed by atoms with Crippen molar-refractivity contribution in [2.24, 2.45) is 5.92 Å². The van der Waals surface area contributed by atoms with Gasteiger partial charge >= 0.3 is 5.97 Å². The average molecular weight is 292 g/mol. The number of benzene rings is 1. The van der Waals surface area contributed by atoms with Crippen LogP contribution in [0.3, 0.4) is 0 Å². The first-order chi connectivity index (χ1) is 9.97. The number of non-ortho nitro benzene ring substituents is 1. The second kappa shape index (κ2) is 6.34. The van der Waals surface area contributed by atoms with Crippen LogP contribution in [0, 0.1) is 16.0 Å². The summed E-state index contributed by atoms with van der Waals surface area (Å²) < 4.78 is 0. The molecule has 2 rings (SSSR count). The van der Waals surface area contributed by atoms with Gasteiger partial charge in [0.25, 0.3) is 5.69 Å². The molecule has 0 spiro atoms. The Bertz CT molecular complexity index is 572. The number of carbonyl (C=O) groups excluding carboxylic acids is 1. The van der Waals surface area contributed by atoms with Crippen molar-refractivity contribution < 1.29 is 19.6 Å². The highest BCUT2D eigenvalue weighted by Gasteiger charge is 2.30. The monoisotopic (exact) mass is 292 g/mol. The van der Waals surface area contributed by atoms with E-state index in [4.69, 9.17) is 5.11 Å². The summed E-state index contributed by atoms with van der Waals surface area (Å²) in [6, 6.07) is 6.19. The first-order valence-electron chi connectivity index (χ1n) is 6.71. The summed E-state index contributed by atoms with van der Waals surface area (Å²) in [7, 11) is 0. The van der Waals surface area contributed by atoms with Gasteiger partial charge in [0.1, 0.15) is 0 Å². The van der Waals surface area contributed by atoms with Crippen molar-refractivity contribution >= 4 is 17.6 Å². The van der Waals surface area contributed by atoms with Crippen LogP contribution in [0.5, 0.6) is 0 Å². The molecule has 1 aliphatic heterocycles.